The molecule has 1 nitrogen and oxygen atoms in total. The summed E-state index contributed by atoms with van der Waals surface area (Å²) in [5.41, 5.74) is 17.0. The Labute approximate surface area is 327 Å². The van der Waals surface area contributed by atoms with Crippen LogP contribution < -0.4 is 4.74 Å². The minimum Gasteiger partial charge on any atom is -0.457 e. The first-order chi connectivity index (χ1) is 27.7. The summed E-state index contributed by atoms with van der Waals surface area (Å²) < 4.78 is 6.86. The van der Waals surface area contributed by atoms with E-state index in [0.29, 0.717) is 5.92 Å². The van der Waals surface area contributed by atoms with Gasteiger partial charge in [0.1, 0.15) is 11.5 Å². The van der Waals surface area contributed by atoms with E-state index in [-0.39, 0.29) is 0 Å². The molecule has 12 rings (SSSR count). The summed E-state index contributed by atoms with van der Waals surface area (Å²) in [6, 6.07) is 65.5. The highest BCUT2D eigenvalue weighted by Crippen LogP contribution is 2.64. The number of allylic oxidation sites excluding steroid dienone is 4. The van der Waals surface area contributed by atoms with Crippen LogP contribution in [0, 0.1) is 5.92 Å². The molecule has 0 bridgehead atoms. The lowest BCUT2D eigenvalue weighted by Gasteiger charge is -2.40. The van der Waals surface area contributed by atoms with Crippen LogP contribution in [-0.2, 0) is 10.8 Å². The average Bonchev–Trinajstić information content (AvgIpc) is 3.73. The van der Waals surface area contributed by atoms with Crippen LogP contribution in [-0.4, -0.2) is 0 Å². The summed E-state index contributed by atoms with van der Waals surface area (Å²) in [7, 11) is 0. The van der Waals surface area contributed by atoms with Gasteiger partial charge in [0, 0.05) is 11.1 Å². The highest BCUT2D eigenvalue weighted by atomic mass is 16.5. The molecule has 8 aromatic carbocycles. The Kier molecular flexibility index (Phi) is 6.58. The third-order valence-corrected chi connectivity index (χ3v) is 13.1. The topological polar surface area (TPSA) is 9.23 Å². The summed E-state index contributed by atoms with van der Waals surface area (Å²) in [4.78, 5) is 0. The Morgan fingerprint density at radius 2 is 1.09 bits per heavy atom. The fourth-order valence-corrected chi connectivity index (χ4v) is 11.0. The van der Waals surface area contributed by atoms with Crippen molar-refractivity contribution in [1.29, 1.82) is 0 Å². The molecule has 0 fully saturated rings. The number of fused-ring (bicyclic) bond motifs is 14. The van der Waals surface area contributed by atoms with Gasteiger partial charge in [0.15, 0.2) is 0 Å². The Hall–Kier alpha value is -6.70. The maximum absolute atomic E-state index is 6.86. The quantitative estimate of drug-likeness (QED) is 0.177. The zero-order valence-electron chi connectivity index (χ0n) is 31.2. The molecule has 2 atom stereocenters. The lowest BCUT2D eigenvalue weighted by atomic mass is 9.64. The van der Waals surface area contributed by atoms with Crippen molar-refractivity contribution in [1.82, 2.24) is 0 Å². The normalized spacial score (nSPS) is 18.9. The first kappa shape index (κ1) is 31.6. The first-order valence-corrected chi connectivity index (χ1v) is 19.9. The summed E-state index contributed by atoms with van der Waals surface area (Å²) in [5, 5.41) is 2.58. The van der Waals surface area contributed by atoms with Crippen molar-refractivity contribution in [3.63, 3.8) is 0 Å². The fraction of sp³-hybridized carbons (Fsp3) is 0.0909. The van der Waals surface area contributed by atoms with E-state index in [1.807, 2.05) is 0 Å². The van der Waals surface area contributed by atoms with E-state index in [1.165, 1.54) is 88.7 Å². The zero-order chi connectivity index (χ0) is 37.0. The molecule has 1 aliphatic heterocycles. The van der Waals surface area contributed by atoms with Crippen molar-refractivity contribution >= 4 is 10.8 Å². The maximum atomic E-state index is 6.86. The van der Waals surface area contributed by atoms with Crippen molar-refractivity contribution in [3.8, 4) is 44.9 Å². The molecule has 2 unspecified atom stereocenters. The smallest absolute Gasteiger partial charge is 0.132 e. The molecule has 3 aliphatic carbocycles. The molecule has 0 radical (unpaired) electrons. The minimum atomic E-state index is -0.536. The van der Waals surface area contributed by atoms with Crippen LogP contribution in [0.1, 0.15) is 52.3 Å². The van der Waals surface area contributed by atoms with E-state index >= 15 is 0 Å². The Morgan fingerprint density at radius 1 is 0.482 bits per heavy atom. The second-order valence-electron chi connectivity index (χ2n) is 15.9. The van der Waals surface area contributed by atoms with Gasteiger partial charge in [-0.15, -0.1) is 0 Å². The van der Waals surface area contributed by atoms with E-state index in [2.05, 4.69) is 201 Å². The van der Waals surface area contributed by atoms with Crippen molar-refractivity contribution in [3.05, 3.63) is 239 Å². The molecule has 0 N–H and O–H groups in total. The van der Waals surface area contributed by atoms with Crippen molar-refractivity contribution in [2.24, 2.45) is 5.92 Å². The molecule has 1 heteroatoms. The number of rotatable bonds is 3. The molecular formula is C55H38O. The van der Waals surface area contributed by atoms with E-state index in [9.17, 15) is 0 Å². The van der Waals surface area contributed by atoms with E-state index in [1.54, 1.807) is 0 Å². The molecule has 0 aromatic heterocycles. The monoisotopic (exact) mass is 714 g/mol. The van der Waals surface area contributed by atoms with E-state index in [0.717, 1.165) is 17.9 Å². The van der Waals surface area contributed by atoms with Gasteiger partial charge in [-0.05, 0) is 102 Å². The van der Waals surface area contributed by atoms with Gasteiger partial charge < -0.3 is 4.74 Å². The van der Waals surface area contributed by atoms with Gasteiger partial charge in [-0.3, -0.25) is 0 Å². The molecule has 1 spiro atoms. The molecule has 56 heavy (non-hydrogen) atoms. The van der Waals surface area contributed by atoms with Crippen LogP contribution in [0.4, 0.5) is 0 Å². The molecule has 0 saturated carbocycles. The van der Waals surface area contributed by atoms with Gasteiger partial charge in [0.25, 0.3) is 0 Å². The van der Waals surface area contributed by atoms with Crippen LogP contribution in [0.3, 0.4) is 0 Å². The van der Waals surface area contributed by atoms with Crippen molar-refractivity contribution in [2.45, 2.75) is 24.2 Å². The van der Waals surface area contributed by atoms with Crippen LogP contribution in [0.15, 0.2) is 200 Å². The standard InChI is InChI=1S/C55H38O/c1-35-14-12-16-39(34-35)54(47-24-9-6-20-44(47)52-40-17-3-2-15-36(40)30-33-49(52)54)38-31-28-37(29-32-38)41-21-13-27-51-53(41)55(48-25-10-11-26-50(48)56-51)45-22-7-4-18-42(45)43-19-5-8-23-46(43)55/h2-13,15-35H,14H2,1H3. The molecule has 264 valence electrons. The predicted molar refractivity (Wildman–Crippen MR) is 230 cm³/mol. The van der Waals surface area contributed by atoms with E-state index < -0.39 is 10.8 Å². The van der Waals surface area contributed by atoms with Crippen LogP contribution >= 0.6 is 0 Å². The minimum absolute atomic E-state index is 0.454. The Balaban J connectivity index is 1.11. The largest absolute Gasteiger partial charge is 0.457 e. The van der Waals surface area contributed by atoms with Gasteiger partial charge in [0.05, 0.1) is 10.8 Å². The second kappa shape index (κ2) is 11.7. The SMILES string of the molecule is CC1C=C(C2(c3ccc(-c4cccc5c4C4(c6ccccc6O5)c5ccccc5-c5ccccc54)cc3)c3ccccc3-c3c2ccc2ccccc32)C=CC1. The van der Waals surface area contributed by atoms with Gasteiger partial charge in [-0.25, -0.2) is 0 Å². The first-order valence-electron chi connectivity index (χ1n) is 19.9. The van der Waals surface area contributed by atoms with Crippen LogP contribution in [0.5, 0.6) is 11.5 Å². The molecule has 0 saturated heterocycles. The van der Waals surface area contributed by atoms with E-state index in [4.69, 9.17) is 4.74 Å². The number of ether oxygens (including phenoxy) is 1. The molecule has 1 heterocycles. The zero-order valence-corrected chi connectivity index (χ0v) is 31.2. The van der Waals surface area contributed by atoms with Gasteiger partial charge >= 0.3 is 0 Å². The molecule has 0 amide bonds. The summed E-state index contributed by atoms with van der Waals surface area (Å²) in [6.07, 6.45) is 8.36. The fourth-order valence-electron chi connectivity index (χ4n) is 11.0. The summed E-state index contributed by atoms with van der Waals surface area (Å²) in [5.74, 6) is 2.27. The second-order valence-corrected chi connectivity index (χ2v) is 15.9. The molecular weight excluding hydrogens is 677 g/mol. The highest BCUT2D eigenvalue weighted by molar-refractivity contribution is 6.04. The lowest BCUT2D eigenvalue weighted by Crippen LogP contribution is -2.33. The van der Waals surface area contributed by atoms with Crippen LogP contribution in [0.2, 0.25) is 0 Å². The van der Waals surface area contributed by atoms with Crippen molar-refractivity contribution < 1.29 is 4.74 Å². The van der Waals surface area contributed by atoms with Gasteiger partial charge in [-0.2, -0.15) is 0 Å². The number of hydrogen-bond donors (Lipinski definition) is 0. The average molecular weight is 715 g/mol. The lowest BCUT2D eigenvalue weighted by molar-refractivity contribution is 0.437. The van der Waals surface area contributed by atoms with Gasteiger partial charge in [0.2, 0.25) is 0 Å². The third-order valence-electron chi connectivity index (χ3n) is 13.1. The Bertz CT molecular complexity index is 2950. The molecule has 8 aromatic rings. The highest BCUT2D eigenvalue weighted by Gasteiger charge is 2.52. The van der Waals surface area contributed by atoms with Crippen molar-refractivity contribution in [2.75, 3.05) is 0 Å². The summed E-state index contributed by atoms with van der Waals surface area (Å²) in [6.45, 7) is 2.34. The number of hydrogen-bond acceptors (Lipinski definition) is 1. The Morgan fingerprint density at radius 3 is 1.84 bits per heavy atom. The predicted octanol–water partition coefficient (Wildman–Crippen LogP) is 13.8. The third kappa shape index (κ3) is 4.00. The van der Waals surface area contributed by atoms with Crippen LogP contribution in [0.25, 0.3) is 44.2 Å². The maximum Gasteiger partial charge on any atom is 0.132 e. The number of para-hydroxylation sites is 1. The molecule has 4 aliphatic rings. The summed E-state index contributed by atoms with van der Waals surface area (Å²) >= 11 is 0. The van der Waals surface area contributed by atoms with Gasteiger partial charge in [-0.1, -0.05) is 189 Å². The number of benzene rings is 8.